The first-order valence-electron chi connectivity index (χ1n) is 6.24. The lowest BCUT2D eigenvalue weighted by Crippen LogP contribution is -2.29. The lowest BCUT2D eigenvalue weighted by Gasteiger charge is -2.12. The van der Waals surface area contributed by atoms with E-state index in [1.807, 2.05) is 11.3 Å². The van der Waals surface area contributed by atoms with Crippen LogP contribution in [0.15, 0.2) is 11.4 Å². The lowest BCUT2D eigenvalue weighted by atomic mass is 10.1. The molecular weight excluding hydrogens is 216 g/mol. The van der Waals surface area contributed by atoms with Crippen LogP contribution in [0.2, 0.25) is 0 Å². The van der Waals surface area contributed by atoms with Crippen LogP contribution in [-0.4, -0.2) is 19.6 Å². The van der Waals surface area contributed by atoms with Gasteiger partial charge in [-0.25, -0.2) is 0 Å². The molecule has 1 heterocycles. The van der Waals surface area contributed by atoms with Gasteiger partial charge in [0.25, 0.3) is 0 Å². The Morgan fingerprint density at radius 1 is 1.25 bits per heavy atom. The Bertz CT molecular complexity index is 283. The molecule has 0 aliphatic carbocycles. The van der Waals surface area contributed by atoms with Gasteiger partial charge in [-0.3, -0.25) is 0 Å². The van der Waals surface area contributed by atoms with Crippen LogP contribution >= 0.6 is 11.3 Å². The maximum absolute atomic E-state index is 3.54. The van der Waals surface area contributed by atoms with Gasteiger partial charge in [-0.15, -0.1) is 11.3 Å². The van der Waals surface area contributed by atoms with Crippen molar-refractivity contribution in [3.63, 3.8) is 0 Å². The van der Waals surface area contributed by atoms with E-state index in [2.05, 4.69) is 42.9 Å². The monoisotopic (exact) mass is 240 g/mol. The summed E-state index contributed by atoms with van der Waals surface area (Å²) in [5.41, 5.74) is 1.50. The zero-order valence-electron chi connectivity index (χ0n) is 10.7. The number of thiophene rings is 1. The van der Waals surface area contributed by atoms with Gasteiger partial charge in [-0.2, -0.15) is 0 Å². The maximum atomic E-state index is 3.54. The Kier molecular flexibility index (Phi) is 6.69. The molecule has 0 aromatic carbocycles. The molecule has 1 atom stereocenters. The van der Waals surface area contributed by atoms with E-state index in [1.165, 1.54) is 10.4 Å². The van der Waals surface area contributed by atoms with Crippen molar-refractivity contribution in [2.45, 2.75) is 33.7 Å². The molecule has 1 aromatic heterocycles. The second-order valence-corrected chi connectivity index (χ2v) is 5.27. The van der Waals surface area contributed by atoms with Crippen LogP contribution in [0.4, 0.5) is 0 Å². The predicted octanol–water partition coefficient (Wildman–Crippen LogP) is 2.65. The average Bonchev–Trinajstić information content (AvgIpc) is 2.74. The van der Waals surface area contributed by atoms with Crippen LogP contribution in [-0.2, 0) is 13.0 Å². The third-order valence-electron chi connectivity index (χ3n) is 2.74. The van der Waals surface area contributed by atoms with Crippen molar-refractivity contribution < 1.29 is 0 Å². The molecule has 1 rings (SSSR count). The van der Waals surface area contributed by atoms with Crippen molar-refractivity contribution >= 4 is 11.3 Å². The third-order valence-corrected chi connectivity index (χ3v) is 3.70. The van der Waals surface area contributed by atoms with Crippen molar-refractivity contribution in [1.82, 2.24) is 10.6 Å². The van der Waals surface area contributed by atoms with Gasteiger partial charge >= 0.3 is 0 Å². The highest BCUT2D eigenvalue weighted by Crippen LogP contribution is 2.16. The molecule has 2 nitrogen and oxygen atoms in total. The molecule has 92 valence electrons. The summed E-state index contributed by atoms with van der Waals surface area (Å²) < 4.78 is 0. The van der Waals surface area contributed by atoms with Gasteiger partial charge in [0.1, 0.15) is 0 Å². The molecule has 2 N–H and O–H groups in total. The van der Waals surface area contributed by atoms with Crippen LogP contribution in [0.25, 0.3) is 0 Å². The van der Waals surface area contributed by atoms with E-state index in [1.54, 1.807) is 0 Å². The first-order valence-corrected chi connectivity index (χ1v) is 7.12. The van der Waals surface area contributed by atoms with E-state index in [-0.39, 0.29) is 0 Å². The Balaban J connectivity index is 2.20. The van der Waals surface area contributed by atoms with E-state index in [0.29, 0.717) is 5.92 Å². The van der Waals surface area contributed by atoms with Crippen molar-refractivity contribution in [1.29, 1.82) is 0 Å². The highest BCUT2D eigenvalue weighted by atomic mass is 32.1. The van der Waals surface area contributed by atoms with E-state index < -0.39 is 0 Å². The summed E-state index contributed by atoms with van der Waals surface area (Å²) in [6.45, 7) is 10.9. The number of nitrogens with one attached hydrogen (secondary N) is 2. The normalized spacial score (nSPS) is 12.9. The number of hydrogen-bond donors (Lipinski definition) is 2. The van der Waals surface area contributed by atoms with Gasteiger partial charge < -0.3 is 10.6 Å². The minimum absolute atomic E-state index is 0.699. The topological polar surface area (TPSA) is 24.1 Å². The summed E-state index contributed by atoms with van der Waals surface area (Å²) in [6.07, 6.45) is 1.15. The molecule has 1 unspecified atom stereocenters. The fourth-order valence-electron chi connectivity index (χ4n) is 1.73. The summed E-state index contributed by atoms with van der Waals surface area (Å²) in [7, 11) is 0. The van der Waals surface area contributed by atoms with Gasteiger partial charge in [0.05, 0.1) is 0 Å². The van der Waals surface area contributed by atoms with Crippen molar-refractivity contribution in [3.8, 4) is 0 Å². The highest BCUT2D eigenvalue weighted by Gasteiger charge is 2.04. The smallest absolute Gasteiger partial charge is 0.0302 e. The van der Waals surface area contributed by atoms with E-state index >= 15 is 0 Å². The Morgan fingerprint density at radius 3 is 2.69 bits per heavy atom. The molecule has 0 saturated carbocycles. The molecule has 0 aliphatic rings. The molecule has 0 spiro atoms. The molecular formula is C13H24N2S. The molecule has 0 amide bonds. The van der Waals surface area contributed by atoms with Crippen LogP contribution in [0.3, 0.4) is 0 Å². The Hall–Kier alpha value is -0.380. The zero-order valence-corrected chi connectivity index (χ0v) is 11.5. The minimum Gasteiger partial charge on any atom is -0.317 e. The predicted molar refractivity (Wildman–Crippen MR) is 73.1 cm³/mol. The van der Waals surface area contributed by atoms with Gasteiger partial charge in [0.15, 0.2) is 0 Å². The quantitative estimate of drug-likeness (QED) is 0.730. The van der Waals surface area contributed by atoms with Crippen molar-refractivity contribution in [2.75, 3.05) is 19.6 Å². The standard InChI is InChI=1S/C13H24N2S/c1-4-12-6-7-16-13(12)10-15-9-11(3)8-14-5-2/h6-7,11,14-15H,4-5,8-10H2,1-3H3. The molecule has 0 radical (unpaired) electrons. The number of aryl methyl sites for hydroxylation is 1. The van der Waals surface area contributed by atoms with Crippen LogP contribution < -0.4 is 10.6 Å². The van der Waals surface area contributed by atoms with E-state index in [4.69, 9.17) is 0 Å². The van der Waals surface area contributed by atoms with Crippen molar-refractivity contribution in [2.24, 2.45) is 5.92 Å². The summed E-state index contributed by atoms with van der Waals surface area (Å²) in [6, 6.07) is 2.24. The second-order valence-electron chi connectivity index (χ2n) is 4.27. The van der Waals surface area contributed by atoms with Gasteiger partial charge in [0.2, 0.25) is 0 Å². The van der Waals surface area contributed by atoms with Gasteiger partial charge in [0, 0.05) is 11.4 Å². The SMILES string of the molecule is CCNCC(C)CNCc1sccc1CC. The van der Waals surface area contributed by atoms with Crippen LogP contribution in [0, 0.1) is 5.92 Å². The number of rotatable bonds is 8. The van der Waals surface area contributed by atoms with Gasteiger partial charge in [-0.05, 0) is 49.0 Å². The van der Waals surface area contributed by atoms with E-state index in [0.717, 1.165) is 32.6 Å². The lowest BCUT2D eigenvalue weighted by molar-refractivity contribution is 0.480. The first kappa shape index (κ1) is 13.7. The van der Waals surface area contributed by atoms with Crippen molar-refractivity contribution in [3.05, 3.63) is 21.9 Å². The Morgan fingerprint density at radius 2 is 2.00 bits per heavy atom. The van der Waals surface area contributed by atoms with Gasteiger partial charge in [-0.1, -0.05) is 20.8 Å². The van der Waals surface area contributed by atoms with Crippen LogP contribution in [0.1, 0.15) is 31.2 Å². The Labute approximate surface area is 103 Å². The fraction of sp³-hybridized carbons (Fsp3) is 0.692. The highest BCUT2D eigenvalue weighted by molar-refractivity contribution is 7.10. The maximum Gasteiger partial charge on any atom is 0.0302 e. The summed E-state index contributed by atoms with van der Waals surface area (Å²) >= 11 is 1.87. The second kappa shape index (κ2) is 7.82. The molecule has 0 saturated heterocycles. The fourth-order valence-corrected chi connectivity index (χ4v) is 2.68. The summed E-state index contributed by atoms with van der Waals surface area (Å²) in [5.74, 6) is 0.699. The molecule has 0 bridgehead atoms. The summed E-state index contributed by atoms with van der Waals surface area (Å²) in [5, 5.41) is 9.11. The minimum atomic E-state index is 0.699. The molecule has 0 fully saturated rings. The summed E-state index contributed by atoms with van der Waals surface area (Å²) in [4.78, 5) is 1.50. The third kappa shape index (κ3) is 4.64. The molecule has 0 aliphatic heterocycles. The number of hydrogen-bond acceptors (Lipinski definition) is 3. The van der Waals surface area contributed by atoms with E-state index in [9.17, 15) is 0 Å². The molecule has 1 aromatic rings. The molecule has 3 heteroatoms. The zero-order chi connectivity index (χ0) is 11.8. The average molecular weight is 240 g/mol. The van der Waals surface area contributed by atoms with Crippen LogP contribution in [0.5, 0.6) is 0 Å². The first-order chi connectivity index (χ1) is 7.77. The molecule has 16 heavy (non-hydrogen) atoms. The largest absolute Gasteiger partial charge is 0.317 e.